The van der Waals surface area contributed by atoms with Gasteiger partial charge in [0.2, 0.25) is 5.91 Å². The van der Waals surface area contributed by atoms with Gasteiger partial charge in [0, 0.05) is 6.04 Å². The van der Waals surface area contributed by atoms with Gasteiger partial charge < -0.3 is 4.90 Å². The minimum Gasteiger partial charge on any atom is -0.319 e. The first-order valence-corrected chi connectivity index (χ1v) is 7.90. The Kier molecular flexibility index (Phi) is 3.98. The first-order chi connectivity index (χ1) is 10.1. The number of halogens is 1. The van der Waals surface area contributed by atoms with E-state index in [1.54, 1.807) is 6.07 Å². The molecule has 1 saturated heterocycles. The van der Waals surface area contributed by atoms with Crippen LogP contribution in [0, 0.1) is 11.7 Å². The Morgan fingerprint density at radius 3 is 2.81 bits per heavy atom. The second-order valence-corrected chi connectivity index (χ2v) is 6.52. The molecule has 1 N–H and O–H groups in total. The number of carbonyl (C=O) groups excluding carboxylic acids is 1. The second kappa shape index (κ2) is 5.76. The zero-order valence-corrected chi connectivity index (χ0v) is 12.7. The van der Waals surface area contributed by atoms with Crippen LogP contribution >= 0.6 is 0 Å². The quantitative estimate of drug-likeness (QED) is 0.907. The fraction of sp³-hybridized carbons (Fsp3) is 0.588. The summed E-state index contributed by atoms with van der Waals surface area (Å²) in [6.07, 6.45) is 4.31. The van der Waals surface area contributed by atoms with E-state index in [0.717, 1.165) is 18.4 Å². The molecule has 0 radical (unpaired) electrons. The molecule has 1 aliphatic heterocycles. The van der Waals surface area contributed by atoms with Crippen molar-refractivity contribution in [2.75, 3.05) is 0 Å². The van der Waals surface area contributed by atoms with Gasteiger partial charge in [-0.3, -0.25) is 10.1 Å². The molecule has 1 aromatic rings. The maximum atomic E-state index is 13.5. The zero-order valence-electron chi connectivity index (χ0n) is 12.7. The van der Waals surface area contributed by atoms with E-state index < -0.39 is 0 Å². The molecule has 4 atom stereocenters. The van der Waals surface area contributed by atoms with Gasteiger partial charge in [0.15, 0.2) is 0 Å². The zero-order chi connectivity index (χ0) is 15.0. The molecule has 4 heteroatoms. The average Bonchev–Trinajstić information content (AvgIpc) is 2.75. The van der Waals surface area contributed by atoms with Gasteiger partial charge in [-0.2, -0.15) is 0 Å². The van der Waals surface area contributed by atoms with E-state index in [0.29, 0.717) is 5.92 Å². The van der Waals surface area contributed by atoms with Crippen molar-refractivity contribution in [1.82, 2.24) is 10.2 Å². The summed E-state index contributed by atoms with van der Waals surface area (Å²) in [4.78, 5) is 14.5. The highest BCUT2D eigenvalue weighted by molar-refractivity contribution is 5.84. The minimum atomic E-state index is -0.252. The predicted octanol–water partition coefficient (Wildman–Crippen LogP) is 3.22. The Labute approximate surface area is 125 Å². The van der Waals surface area contributed by atoms with Crippen LogP contribution in [-0.4, -0.2) is 22.9 Å². The van der Waals surface area contributed by atoms with Gasteiger partial charge in [-0.05, 0) is 43.4 Å². The molecular formula is C17H23FN2O. The Morgan fingerprint density at radius 2 is 2.10 bits per heavy atom. The van der Waals surface area contributed by atoms with Crippen LogP contribution in [0.15, 0.2) is 24.3 Å². The highest BCUT2D eigenvalue weighted by Gasteiger charge is 2.42. The third kappa shape index (κ3) is 2.82. The van der Waals surface area contributed by atoms with Crippen LogP contribution in [0.25, 0.3) is 0 Å². The molecule has 2 fully saturated rings. The van der Waals surface area contributed by atoms with E-state index in [4.69, 9.17) is 0 Å². The van der Waals surface area contributed by atoms with Crippen molar-refractivity contribution in [3.05, 3.63) is 35.6 Å². The molecule has 1 amide bonds. The van der Waals surface area contributed by atoms with Crippen LogP contribution in [0.4, 0.5) is 4.39 Å². The number of amides is 1. The normalized spacial score (nSPS) is 33.5. The summed E-state index contributed by atoms with van der Waals surface area (Å²) < 4.78 is 13.5. The van der Waals surface area contributed by atoms with Crippen molar-refractivity contribution in [1.29, 1.82) is 0 Å². The lowest BCUT2D eigenvalue weighted by Crippen LogP contribution is -2.42. The molecular weight excluding hydrogens is 267 g/mol. The summed E-state index contributed by atoms with van der Waals surface area (Å²) >= 11 is 0. The van der Waals surface area contributed by atoms with Crippen molar-refractivity contribution < 1.29 is 9.18 Å². The van der Waals surface area contributed by atoms with Crippen molar-refractivity contribution in [2.45, 2.75) is 57.8 Å². The van der Waals surface area contributed by atoms with Crippen LogP contribution in [-0.2, 0) is 4.79 Å². The van der Waals surface area contributed by atoms with E-state index in [1.165, 1.54) is 25.0 Å². The van der Waals surface area contributed by atoms with Gasteiger partial charge in [0.1, 0.15) is 12.0 Å². The maximum Gasteiger partial charge on any atom is 0.241 e. The molecule has 1 saturated carbocycles. The van der Waals surface area contributed by atoms with Crippen LogP contribution in [0.1, 0.15) is 51.3 Å². The van der Waals surface area contributed by atoms with Crippen LogP contribution in [0.2, 0.25) is 0 Å². The molecule has 4 unspecified atom stereocenters. The summed E-state index contributed by atoms with van der Waals surface area (Å²) in [5, 5.41) is 3.32. The standard InChI is InChI=1S/C17H23FN2O/c1-11-5-3-8-15(9-11)20-16(19-12(2)17(20)21)13-6-4-7-14(18)10-13/h4,6-7,10-12,15-16,19H,3,5,8-9H2,1-2H3. The van der Waals surface area contributed by atoms with Crippen molar-refractivity contribution in [3.8, 4) is 0 Å². The van der Waals surface area contributed by atoms with Crippen LogP contribution in [0.3, 0.4) is 0 Å². The molecule has 0 aromatic heterocycles. The first kappa shape index (κ1) is 14.5. The Bertz CT molecular complexity index is 533. The first-order valence-electron chi connectivity index (χ1n) is 7.90. The van der Waals surface area contributed by atoms with Gasteiger partial charge in [-0.1, -0.05) is 31.9 Å². The van der Waals surface area contributed by atoms with Gasteiger partial charge in [-0.15, -0.1) is 0 Å². The van der Waals surface area contributed by atoms with E-state index in [2.05, 4.69) is 12.2 Å². The predicted molar refractivity (Wildman–Crippen MR) is 80.0 cm³/mol. The highest BCUT2D eigenvalue weighted by atomic mass is 19.1. The smallest absolute Gasteiger partial charge is 0.241 e. The lowest BCUT2D eigenvalue weighted by atomic mass is 9.86. The van der Waals surface area contributed by atoms with Gasteiger partial charge in [0.25, 0.3) is 0 Å². The van der Waals surface area contributed by atoms with Crippen molar-refractivity contribution in [3.63, 3.8) is 0 Å². The minimum absolute atomic E-state index is 0.142. The molecule has 1 heterocycles. The molecule has 1 aliphatic carbocycles. The summed E-state index contributed by atoms with van der Waals surface area (Å²) in [6, 6.07) is 6.65. The number of benzene rings is 1. The van der Waals surface area contributed by atoms with Gasteiger partial charge >= 0.3 is 0 Å². The summed E-state index contributed by atoms with van der Waals surface area (Å²) in [6.45, 7) is 4.14. The fourth-order valence-corrected chi connectivity index (χ4v) is 3.72. The van der Waals surface area contributed by atoms with Crippen LogP contribution in [0.5, 0.6) is 0 Å². The number of carbonyl (C=O) groups is 1. The van der Waals surface area contributed by atoms with Gasteiger partial charge in [-0.25, -0.2) is 4.39 Å². The van der Waals surface area contributed by atoms with Crippen molar-refractivity contribution >= 4 is 5.91 Å². The molecule has 21 heavy (non-hydrogen) atoms. The summed E-state index contributed by atoms with van der Waals surface area (Å²) in [7, 11) is 0. The number of nitrogens with zero attached hydrogens (tertiary/aromatic N) is 1. The molecule has 2 aliphatic rings. The van der Waals surface area contributed by atoms with E-state index >= 15 is 0 Å². The highest BCUT2D eigenvalue weighted by Crippen LogP contribution is 2.35. The summed E-state index contributed by atoms with van der Waals surface area (Å²) in [5.41, 5.74) is 0.839. The Morgan fingerprint density at radius 1 is 1.29 bits per heavy atom. The molecule has 0 spiro atoms. The number of rotatable bonds is 2. The molecule has 3 nitrogen and oxygen atoms in total. The Hall–Kier alpha value is -1.42. The lowest BCUT2D eigenvalue weighted by Gasteiger charge is -2.37. The number of nitrogens with one attached hydrogen (secondary N) is 1. The average molecular weight is 290 g/mol. The molecule has 3 rings (SSSR count). The molecule has 114 valence electrons. The topological polar surface area (TPSA) is 32.3 Å². The number of hydrogen-bond acceptors (Lipinski definition) is 2. The fourth-order valence-electron chi connectivity index (χ4n) is 3.72. The van der Waals surface area contributed by atoms with E-state index in [1.807, 2.05) is 17.9 Å². The third-order valence-corrected chi connectivity index (χ3v) is 4.78. The largest absolute Gasteiger partial charge is 0.319 e. The second-order valence-electron chi connectivity index (χ2n) is 6.52. The van der Waals surface area contributed by atoms with Crippen molar-refractivity contribution in [2.24, 2.45) is 5.92 Å². The van der Waals surface area contributed by atoms with Crippen LogP contribution < -0.4 is 5.32 Å². The summed E-state index contributed by atoms with van der Waals surface area (Å²) in [5.74, 6) is 0.544. The molecule has 1 aromatic carbocycles. The Balaban J connectivity index is 1.89. The lowest BCUT2D eigenvalue weighted by molar-refractivity contribution is -0.133. The monoisotopic (exact) mass is 290 g/mol. The molecule has 0 bridgehead atoms. The number of hydrogen-bond donors (Lipinski definition) is 1. The van der Waals surface area contributed by atoms with Gasteiger partial charge in [0.05, 0.1) is 6.04 Å². The van der Waals surface area contributed by atoms with E-state index in [9.17, 15) is 9.18 Å². The maximum absolute atomic E-state index is 13.5. The SMILES string of the molecule is CC1CCCC(N2C(=O)C(C)NC2c2cccc(F)c2)C1. The van der Waals surface area contributed by atoms with E-state index in [-0.39, 0.29) is 30.0 Å². The third-order valence-electron chi connectivity index (χ3n) is 4.78.